The van der Waals surface area contributed by atoms with Crippen LogP contribution in [0.15, 0.2) is 134 Å². The summed E-state index contributed by atoms with van der Waals surface area (Å²) in [7, 11) is 0. The summed E-state index contributed by atoms with van der Waals surface area (Å²) < 4.78 is 0. The van der Waals surface area contributed by atoms with Crippen LogP contribution >= 0.6 is 0 Å². The Hall–Kier alpha value is -5.74. The lowest BCUT2D eigenvalue weighted by molar-refractivity contribution is 1.08. The lowest BCUT2D eigenvalue weighted by Crippen LogP contribution is -2.17. The van der Waals surface area contributed by atoms with Gasteiger partial charge in [-0.15, -0.1) is 0 Å². The van der Waals surface area contributed by atoms with Gasteiger partial charge < -0.3 is 4.90 Å². The van der Waals surface area contributed by atoms with Crippen LogP contribution in [0.2, 0.25) is 0 Å². The number of nitrogens with zero attached hydrogens (tertiary/aromatic N) is 4. The molecule has 1 aromatic heterocycles. The van der Waals surface area contributed by atoms with Gasteiger partial charge in [-0.1, -0.05) is 96.1 Å². The van der Waals surface area contributed by atoms with Gasteiger partial charge in [-0.3, -0.25) is 4.90 Å². The molecule has 0 saturated heterocycles. The van der Waals surface area contributed by atoms with Crippen molar-refractivity contribution in [3.05, 3.63) is 167 Å². The van der Waals surface area contributed by atoms with E-state index in [2.05, 4.69) is 167 Å². The summed E-state index contributed by atoms with van der Waals surface area (Å²) in [4.78, 5) is 14.1. The Morgan fingerprint density at radius 3 is 1.52 bits per heavy atom. The Labute approximate surface area is 284 Å². The normalized spacial score (nSPS) is 11.1. The van der Waals surface area contributed by atoms with Crippen molar-refractivity contribution in [2.75, 3.05) is 9.80 Å². The van der Waals surface area contributed by atoms with Gasteiger partial charge in [0.05, 0.1) is 17.1 Å². The van der Waals surface area contributed by atoms with E-state index < -0.39 is 0 Å². The van der Waals surface area contributed by atoms with E-state index >= 15 is 0 Å². The lowest BCUT2D eigenvalue weighted by Gasteiger charge is -2.32. The third kappa shape index (κ3) is 5.71. The predicted octanol–water partition coefficient (Wildman–Crippen LogP) is 12.1. The molecule has 0 unspecified atom stereocenters. The average Bonchev–Trinajstić information content (AvgIpc) is 3.08. The fourth-order valence-corrected chi connectivity index (χ4v) is 7.29. The van der Waals surface area contributed by atoms with Gasteiger partial charge in [-0.2, -0.15) is 0 Å². The van der Waals surface area contributed by atoms with Crippen molar-refractivity contribution in [2.24, 2.45) is 0 Å². The van der Waals surface area contributed by atoms with Crippen molar-refractivity contribution in [2.45, 2.75) is 41.5 Å². The zero-order valence-corrected chi connectivity index (χ0v) is 28.5. The molecule has 7 aromatic rings. The van der Waals surface area contributed by atoms with E-state index in [1.54, 1.807) is 12.4 Å². The molecule has 0 aliphatic rings. The minimum absolute atomic E-state index is 0.616. The molecular formula is C44H40N4. The Kier molecular flexibility index (Phi) is 8.24. The maximum Gasteiger partial charge on any atom is 0.234 e. The monoisotopic (exact) mass is 624 g/mol. The molecule has 0 N–H and O–H groups in total. The molecular weight excluding hydrogens is 585 g/mol. The summed E-state index contributed by atoms with van der Waals surface area (Å²) in [6.07, 6.45) is 3.61. The molecule has 4 nitrogen and oxygen atoms in total. The molecule has 0 spiro atoms. The van der Waals surface area contributed by atoms with Crippen molar-refractivity contribution in [1.29, 1.82) is 0 Å². The molecule has 0 aliphatic carbocycles. The van der Waals surface area contributed by atoms with Crippen molar-refractivity contribution >= 4 is 45.2 Å². The molecule has 0 bridgehead atoms. The number of rotatable bonds is 7. The molecule has 7 rings (SSSR count). The first-order chi connectivity index (χ1) is 23.3. The first kappa shape index (κ1) is 30.9. The molecule has 0 aliphatic heterocycles. The number of anilines is 6. The van der Waals surface area contributed by atoms with Crippen LogP contribution in [0.3, 0.4) is 0 Å². The largest absolute Gasteiger partial charge is 0.309 e. The van der Waals surface area contributed by atoms with Crippen LogP contribution in [-0.4, -0.2) is 9.97 Å². The number of hydrogen-bond acceptors (Lipinski definition) is 4. The van der Waals surface area contributed by atoms with Crippen LogP contribution in [0, 0.1) is 41.5 Å². The number of benzene rings is 6. The molecule has 0 saturated carbocycles. The first-order valence-corrected chi connectivity index (χ1v) is 16.5. The molecule has 0 atom stereocenters. The molecule has 6 aromatic carbocycles. The molecule has 1 heterocycles. The number of hydrogen-bond donors (Lipinski definition) is 0. The van der Waals surface area contributed by atoms with Gasteiger partial charge in [-0.25, -0.2) is 9.97 Å². The number of fused-ring (bicyclic) bond motifs is 1. The number of aryl methyl sites for hydroxylation is 6. The summed E-state index contributed by atoms with van der Waals surface area (Å²) in [6, 6.07) is 43.4. The maximum absolute atomic E-state index is 4.77. The SMILES string of the molecule is Cc1cc(C)c(N(c2ccc(N(c3ncccn3)c3ccc4ccccc4c3-c3ccccc3)cc2)c2c(C)cc(C)cc2C)c(C)c1. The van der Waals surface area contributed by atoms with E-state index in [4.69, 9.17) is 9.97 Å². The second-order valence-corrected chi connectivity index (χ2v) is 12.8. The van der Waals surface area contributed by atoms with Crippen LogP contribution < -0.4 is 9.80 Å². The highest BCUT2D eigenvalue weighted by molar-refractivity contribution is 6.05. The molecule has 48 heavy (non-hydrogen) atoms. The van der Waals surface area contributed by atoms with Crippen molar-refractivity contribution < 1.29 is 0 Å². The fourth-order valence-electron chi connectivity index (χ4n) is 7.29. The molecule has 0 amide bonds. The minimum atomic E-state index is 0.616. The predicted molar refractivity (Wildman–Crippen MR) is 203 cm³/mol. The topological polar surface area (TPSA) is 32.3 Å². The maximum atomic E-state index is 4.77. The van der Waals surface area contributed by atoms with Crippen LogP contribution in [-0.2, 0) is 0 Å². The van der Waals surface area contributed by atoms with Crippen molar-refractivity contribution in [3.8, 4) is 11.1 Å². The Bertz CT molecular complexity index is 2140. The van der Waals surface area contributed by atoms with Gasteiger partial charge in [0, 0.05) is 29.3 Å². The standard InChI is InChI=1S/C44H40N4/c1-29-25-31(3)42(32(4)26-29)48(43-33(5)27-30(2)28-34(43)6)38-20-18-37(19-21-38)47(44-45-23-12-24-46-44)40-22-17-35-13-10-11-16-39(35)41(40)36-14-8-7-9-15-36/h7-28H,1-6H3. The van der Waals surface area contributed by atoms with E-state index in [0.717, 1.165) is 28.2 Å². The third-order valence-electron chi connectivity index (χ3n) is 9.05. The van der Waals surface area contributed by atoms with E-state index in [9.17, 15) is 0 Å². The van der Waals surface area contributed by atoms with E-state index in [-0.39, 0.29) is 0 Å². The summed E-state index contributed by atoms with van der Waals surface area (Å²) in [5.41, 5.74) is 15.3. The molecule has 0 fully saturated rings. The van der Waals surface area contributed by atoms with Crippen LogP contribution in [0.4, 0.5) is 34.4 Å². The highest BCUT2D eigenvalue weighted by Gasteiger charge is 2.24. The Balaban J connectivity index is 1.44. The van der Waals surface area contributed by atoms with Crippen LogP contribution in [0.1, 0.15) is 33.4 Å². The van der Waals surface area contributed by atoms with Crippen LogP contribution in [0.25, 0.3) is 21.9 Å². The first-order valence-electron chi connectivity index (χ1n) is 16.5. The highest BCUT2D eigenvalue weighted by Crippen LogP contribution is 2.46. The second-order valence-electron chi connectivity index (χ2n) is 12.8. The quantitative estimate of drug-likeness (QED) is 0.177. The smallest absolute Gasteiger partial charge is 0.234 e. The van der Waals surface area contributed by atoms with Crippen molar-refractivity contribution in [1.82, 2.24) is 9.97 Å². The van der Waals surface area contributed by atoms with Crippen molar-refractivity contribution in [3.63, 3.8) is 0 Å². The minimum Gasteiger partial charge on any atom is -0.309 e. The zero-order valence-electron chi connectivity index (χ0n) is 28.5. The zero-order chi connectivity index (χ0) is 33.4. The van der Waals surface area contributed by atoms with E-state index in [1.165, 1.54) is 55.5 Å². The third-order valence-corrected chi connectivity index (χ3v) is 9.05. The summed E-state index contributed by atoms with van der Waals surface area (Å²) in [5.74, 6) is 0.616. The summed E-state index contributed by atoms with van der Waals surface area (Å²) >= 11 is 0. The van der Waals surface area contributed by atoms with Gasteiger partial charge in [0.25, 0.3) is 0 Å². The van der Waals surface area contributed by atoms with Gasteiger partial charge in [0.1, 0.15) is 0 Å². The van der Waals surface area contributed by atoms with Gasteiger partial charge in [-0.05, 0) is 117 Å². The molecule has 236 valence electrons. The van der Waals surface area contributed by atoms with Gasteiger partial charge in [0.2, 0.25) is 5.95 Å². The van der Waals surface area contributed by atoms with E-state index in [1.807, 2.05) is 6.07 Å². The molecule has 4 heteroatoms. The second kappa shape index (κ2) is 12.8. The average molecular weight is 625 g/mol. The number of aromatic nitrogens is 2. The summed E-state index contributed by atoms with van der Waals surface area (Å²) in [6.45, 7) is 13.2. The van der Waals surface area contributed by atoms with Gasteiger partial charge in [0.15, 0.2) is 0 Å². The fraction of sp³-hybridized carbons (Fsp3) is 0.136. The van der Waals surface area contributed by atoms with Crippen LogP contribution in [0.5, 0.6) is 0 Å². The van der Waals surface area contributed by atoms with E-state index in [0.29, 0.717) is 5.95 Å². The van der Waals surface area contributed by atoms with Gasteiger partial charge >= 0.3 is 0 Å². The summed E-state index contributed by atoms with van der Waals surface area (Å²) in [5, 5.41) is 2.37. The highest BCUT2D eigenvalue weighted by atomic mass is 15.3. The Morgan fingerprint density at radius 2 is 0.958 bits per heavy atom. The molecule has 0 radical (unpaired) electrons. The lowest BCUT2D eigenvalue weighted by atomic mass is 9.95. The Morgan fingerprint density at radius 1 is 0.458 bits per heavy atom.